The van der Waals surface area contributed by atoms with Gasteiger partial charge in [0.2, 0.25) is 5.91 Å². The molecule has 90 valence electrons. The molecule has 4 nitrogen and oxygen atoms in total. The summed E-state index contributed by atoms with van der Waals surface area (Å²) in [6, 6.07) is 2.16. The summed E-state index contributed by atoms with van der Waals surface area (Å²) in [6.07, 6.45) is 1.40. The quantitative estimate of drug-likeness (QED) is 0.701. The number of nitrogens with zero attached hydrogens (tertiary/aromatic N) is 3. The third kappa shape index (κ3) is 3.21. The second-order valence-electron chi connectivity index (χ2n) is 4.86. The van der Waals surface area contributed by atoms with Crippen molar-refractivity contribution in [3.8, 4) is 6.07 Å². The highest BCUT2D eigenvalue weighted by Gasteiger charge is 2.33. The van der Waals surface area contributed by atoms with Crippen molar-refractivity contribution in [2.75, 3.05) is 26.7 Å². The zero-order valence-electron chi connectivity index (χ0n) is 10.4. The van der Waals surface area contributed by atoms with Crippen LogP contribution in [0.4, 0.5) is 0 Å². The van der Waals surface area contributed by atoms with Gasteiger partial charge in [-0.25, -0.2) is 0 Å². The summed E-state index contributed by atoms with van der Waals surface area (Å²) in [4.78, 5) is 15.8. The van der Waals surface area contributed by atoms with Gasteiger partial charge in [0.1, 0.15) is 0 Å². The van der Waals surface area contributed by atoms with Crippen LogP contribution in [0.3, 0.4) is 0 Å². The third-order valence-corrected chi connectivity index (χ3v) is 2.95. The average Bonchev–Trinajstić information content (AvgIpc) is 2.54. The van der Waals surface area contributed by atoms with E-state index in [-0.39, 0.29) is 11.9 Å². The van der Waals surface area contributed by atoms with E-state index in [2.05, 4.69) is 24.8 Å². The summed E-state index contributed by atoms with van der Waals surface area (Å²) in [5.74, 6) is 0.732. The van der Waals surface area contributed by atoms with Crippen LogP contribution in [0.15, 0.2) is 0 Å². The molecule has 16 heavy (non-hydrogen) atoms. The van der Waals surface area contributed by atoms with Crippen molar-refractivity contribution in [3.05, 3.63) is 0 Å². The number of hydrogen-bond donors (Lipinski definition) is 0. The Kier molecular flexibility index (Phi) is 4.75. The van der Waals surface area contributed by atoms with Crippen LogP contribution in [-0.4, -0.2) is 48.4 Å². The molecule has 0 aromatic carbocycles. The first kappa shape index (κ1) is 13.0. The largest absolute Gasteiger partial charge is 0.344 e. The van der Waals surface area contributed by atoms with Crippen LogP contribution in [0.1, 0.15) is 26.7 Å². The van der Waals surface area contributed by atoms with E-state index in [0.717, 1.165) is 19.5 Å². The van der Waals surface area contributed by atoms with Gasteiger partial charge in [-0.3, -0.25) is 9.69 Å². The van der Waals surface area contributed by atoms with Crippen molar-refractivity contribution in [1.82, 2.24) is 9.80 Å². The molecule has 1 fully saturated rings. The molecule has 1 amide bonds. The number of nitriles is 1. The molecule has 0 saturated carbocycles. The van der Waals surface area contributed by atoms with E-state index < -0.39 is 0 Å². The highest BCUT2D eigenvalue weighted by Crippen LogP contribution is 2.17. The SMILES string of the molecule is CC(C)CN(CCC#N)C1CCN(C)C1=O. The van der Waals surface area contributed by atoms with Crippen molar-refractivity contribution in [2.45, 2.75) is 32.7 Å². The van der Waals surface area contributed by atoms with Gasteiger partial charge in [0, 0.05) is 33.1 Å². The molecule has 1 heterocycles. The molecule has 1 aliphatic rings. The number of rotatable bonds is 5. The fourth-order valence-corrected chi connectivity index (χ4v) is 2.18. The lowest BCUT2D eigenvalue weighted by atomic mass is 10.1. The molecule has 1 saturated heterocycles. The summed E-state index contributed by atoms with van der Waals surface area (Å²) in [5, 5.41) is 8.64. The van der Waals surface area contributed by atoms with Gasteiger partial charge in [-0.05, 0) is 12.3 Å². The van der Waals surface area contributed by atoms with E-state index in [0.29, 0.717) is 18.9 Å². The number of amides is 1. The minimum Gasteiger partial charge on any atom is -0.344 e. The molecule has 0 aliphatic carbocycles. The van der Waals surface area contributed by atoms with E-state index in [1.165, 1.54) is 0 Å². The maximum absolute atomic E-state index is 11.9. The predicted octanol–water partition coefficient (Wildman–Crippen LogP) is 1.09. The van der Waals surface area contributed by atoms with Crippen molar-refractivity contribution in [2.24, 2.45) is 5.92 Å². The highest BCUT2D eigenvalue weighted by molar-refractivity contribution is 5.83. The Bertz CT molecular complexity index is 282. The molecule has 1 atom stereocenters. The Morgan fingerprint density at radius 1 is 1.62 bits per heavy atom. The molecule has 0 spiro atoms. The molecule has 0 radical (unpaired) electrons. The van der Waals surface area contributed by atoms with Crippen molar-refractivity contribution in [1.29, 1.82) is 5.26 Å². The molecular formula is C12H21N3O. The molecule has 0 bridgehead atoms. The fraction of sp³-hybridized carbons (Fsp3) is 0.833. The number of hydrogen-bond acceptors (Lipinski definition) is 3. The van der Waals surface area contributed by atoms with Crippen LogP contribution in [0.2, 0.25) is 0 Å². The molecule has 1 aliphatic heterocycles. The van der Waals surface area contributed by atoms with Crippen LogP contribution >= 0.6 is 0 Å². The highest BCUT2D eigenvalue weighted by atomic mass is 16.2. The minimum atomic E-state index is 0.000694. The standard InChI is InChI=1S/C12H21N3O/c1-10(2)9-15(7-4-6-13)11-5-8-14(3)12(11)16/h10-11H,4-5,7-9H2,1-3H3. The van der Waals surface area contributed by atoms with Crippen LogP contribution in [0.5, 0.6) is 0 Å². The minimum absolute atomic E-state index is 0.000694. The fourth-order valence-electron chi connectivity index (χ4n) is 2.18. The Balaban J connectivity index is 2.61. The maximum Gasteiger partial charge on any atom is 0.239 e. The van der Waals surface area contributed by atoms with Crippen LogP contribution in [0, 0.1) is 17.2 Å². The van der Waals surface area contributed by atoms with E-state index in [9.17, 15) is 4.79 Å². The number of carbonyl (C=O) groups is 1. The summed E-state index contributed by atoms with van der Waals surface area (Å²) in [6.45, 7) is 6.72. The van der Waals surface area contributed by atoms with Crippen molar-refractivity contribution < 1.29 is 4.79 Å². The lowest BCUT2D eigenvalue weighted by Crippen LogP contribution is -2.43. The summed E-state index contributed by atoms with van der Waals surface area (Å²) in [5.41, 5.74) is 0. The molecule has 1 unspecified atom stereocenters. The summed E-state index contributed by atoms with van der Waals surface area (Å²) < 4.78 is 0. The van der Waals surface area contributed by atoms with Gasteiger partial charge < -0.3 is 4.90 Å². The van der Waals surface area contributed by atoms with Crippen molar-refractivity contribution in [3.63, 3.8) is 0 Å². The smallest absolute Gasteiger partial charge is 0.239 e. The molecule has 1 rings (SSSR count). The van der Waals surface area contributed by atoms with E-state index in [1.54, 1.807) is 4.90 Å². The first-order valence-electron chi connectivity index (χ1n) is 5.92. The van der Waals surface area contributed by atoms with Gasteiger partial charge in [0.25, 0.3) is 0 Å². The lowest BCUT2D eigenvalue weighted by molar-refractivity contribution is -0.131. The zero-order chi connectivity index (χ0) is 12.1. The topological polar surface area (TPSA) is 47.3 Å². The van der Waals surface area contributed by atoms with E-state index >= 15 is 0 Å². The zero-order valence-corrected chi connectivity index (χ0v) is 10.4. The predicted molar refractivity (Wildman–Crippen MR) is 62.7 cm³/mol. The number of likely N-dealkylation sites (N-methyl/N-ethyl adjacent to an activating group) is 1. The van der Waals surface area contributed by atoms with Crippen molar-refractivity contribution >= 4 is 5.91 Å². The van der Waals surface area contributed by atoms with Gasteiger partial charge >= 0.3 is 0 Å². The van der Waals surface area contributed by atoms with Gasteiger partial charge in [0.15, 0.2) is 0 Å². The van der Waals surface area contributed by atoms with E-state index in [1.807, 2.05) is 7.05 Å². The number of carbonyl (C=O) groups excluding carboxylic acids is 1. The Labute approximate surface area is 97.8 Å². The van der Waals surface area contributed by atoms with E-state index in [4.69, 9.17) is 5.26 Å². The maximum atomic E-state index is 11.9. The average molecular weight is 223 g/mol. The summed E-state index contributed by atoms with van der Waals surface area (Å²) in [7, 11) is 1.85. The monoisotopic (exact) mass is 223 g/mol. The molecule has 0 aromatic heterocycles. The molecular weight excluding hydrogens is 202 g/mol. The van der Waals surface area contributed by atoms with Crippen LogP contribution in [0.25, 0.3) is 0 Å². The van der Waals surface area contributed by atoms with Crippen LogP contribution in [-0.2, 0) is 4.79 Å². The number of likely N-dealkylation sites (tertiary alicyclic amines) is 1. The third-order valence-electron chi connectivity index (χ3n) is 2.95. The molecule has 4 heteroatoms. The molecule has 0 aromatic rings. The lowest BCUT2D eigenvalue weighted by Gasteiger charge is -2.28. The van der Waals surface area contributed by atoms with Gasteiger partial charge in [-0.1, -0.05) is 13.8 Å². The summed E-state index contributed by atoms with van der Waals surface area (Å²) >= 11 is 0. The Morgan fingerprint density at radius 3 is 2.75 bits per heavy atom. The Hall–Kier alpha value is -1.08. The van der Waals surface area contributed by atoms with Gasteiger partial charge in [-0.2, -0.15) is 5.26 Å². The normalized spacial score (nSPS) is 20.9. The molecule has 0 N–H and O–H groups in total. The first-order valence-corrected chi connectivity index (χ1v) is 5.92. The van der Waals surface area contributed by atoms with Gasteiger partial charge in [-0.15, -0.1) is 0 Å². The first-order chi connectivity index (χ1) is 7.56. The second kappa shape index (κ2) is 5.86. The second-order valence-corrected chi connectivity index (χ2v) is 4.86. The Morgan fingerprint density at radius 2 is 2.31 bits per heavy atom. The van der Waals surface area contributed by atoms with Crippen LogP contribution < -0.4 is 0 Å². The van der Waals surface area contributed by atoms with Gasteiger partial charge in [0.05, 0.1) is 12.1 Å².